The summed E-state index contributed by atoms with van der Waals surface area (Å²) in [4.78, 5) is 0. The summed E-state index contributed by atoms with van der Waals surface area (Å²) in [6.45, 7) is 5.95. The molecule has 1 nitrogen and oxygen atoms in total. The minimum Gasteiger partial charge on any atom is -0.313 e. The van der Waals surface area contributed by atoms with Crippen molar-refractivity contribution in [2.45, 2.75) is 20.3 Å². The van der Waals surface area contributed by atoms with Gasteiger partial charge in [0.2, 0.25) is 0 Å². The van der Waals surface area contributed by atoms with Crippen LogP contribution in [0.25, 0.3) is 0 Å². The zero-order chi connectivity index (χ0) is 9.03. The first-order valence-corrected chi connectivity index (χ1v) is 4.33. The molecule has 0 fully saturated rings. The second-order valence-electron chi connectivity index (χ2n) is 3.99. The third-order valence-corrected chi connectivity index (χ3v) is 1.99. The second-order valence-corrected chi connectivity index (χ2v) is 3.99. The first-order chi connectivity index (χ1) is 5.60. The third kappa shape index (κ3) is 3.18. The number of hydrogen-bond acceptors (Lipinski definition) is 1. The van der Waals surface area contributed by atoms with Gasteiger partial charge in [0.25, 0.3) is 0 Å². The van der Waals surface area contributed by atoms with Gasteiger partial charge < -0.3 is 5.32 Å². The summed E-state index contributed by atoms with van der Waals surface area (Å²) in [6, 6.07) is 0. The van der Waals surface area contributed by atoms with Crippen LogP contribution in [0.3, 0.4) is 0 Å². The minimum absolute atomic E-state index is 0.119. The second kappa shape index (κ2) is 3.85. The summed E-state index contributed by atoms with van der Waals surface area (Å²) in [5.74, 6) is -0.119. The molecule has 0 amide bonds. The van der Waals surface area contributed by atoms with Crippen molar-refractivity contribution in [2.75, 3.05) is 13.1 Å². The summed E-state index contributed by atoms with van der Waals surface area (Å²) in [6.07, 6.45) is 5.78. The van der Waals surface area contributed by atoms with Gasteiger partial charge in [-0.05, 0) is 24.0 Å². The molecule has 0 saturated heterocycles. The van der Waals surface area contributed by atoms with Gasteiger partial charge in [0.15, 0.2) is 0 Å². The highest BCUT2D eigenvalue weighted by Gasteiger charge is 2.16. The molecule has 0 atom stereocenters. The molecular weight excluding hydrogens is 153 g/mol. The van der Waals surface area contributed by atoms with Gasteiger partial charge >= 0.3 is 0 Å². The summed E-state index contributed by atoms with van der Waals surface area (Å²) in [7, 11) is 0. The smallest absolute Gasteiger partial charge is 0.118 e. The Kier molecular flexibility index (Phi) is 3.04. The molecule has 0 bridgehead atoms. The minimum atomic E-state index is -0.119. The van der Waals surface area contributed by atoms with E-state index in [-0.39, 0.29) is 11.2 Å². The van der Waals surface area contributed by atoms with E-state index >= 15 is 0 Å². The van der Waals surface area contributed by atoms with Crippen molar-refractivity contribution in [1.82, 2.24) is 5.32 Å². The van der Waals surface area contributed by atoms with Crippen molar-refractivity contribution in [2.24, 2.45) is 5.41 Å². The summed E-state index contributed by atoms with van der Waals surface area (Å²) < 4.78 is 12.9. The highest BCUT2D eigenvalue weighted by Crippen LogP contribution is 2.21. The molecule has 1 N–H and O–H groups in total. The summed E-state index contributed by atoms with van der Waals surface area (Å²) in [5, 5.41) is 3.25. The molecular formula is C10H16FN. The van der Waals surface area contributed by atoms with Crippen LogP contribution in [0.15, 0.2) is 24.1 Å². The van der Waals surface area contributed by atoms with Crippen LogP contribution in [0.1, 0.15) is 20.3 Å². The Hall–Kier alpha value is -0.630. The fraction of sp³-hybridized carbons (Fsp3) is 0.600. The molecule has 1 aliphatic rings. The van der Waals surface area contributed by atoms with Gasteiger partial charge in [0, 0.05) is 13.1 Å². The lowest BCUT2D eigenvalue weighted by atomic mass is 9.89. The molecule has 0 unspecified atom stereocenters. The highest BCUT2D eigenvalue weighted by atomic mass is 19.1. The Morgan fingerprint density at radius 2 is 2.25 bits per heavy atom. The number of hydrogen-bond donors (Lipinski definition) is 1. The summed E-state index contributed by atoms with van der Waals surface area (Å²) >= 11 is 0. The SMILES string of the molecule is CC1(C)C/C=C(F)\C=C/CNC1. The maximum Gasteiger partial charge on any atom is 0.118 e. The lowest BCUT2D eigenvalue weighted by molar-refractivity contribution is 0.350. The van der Waals surface area contributed by atoms with Gasteiger partial charge in [0.1, 0.15) is 5.83 Å². The number of nitrogens with one attached hydrogen (secondary N) is 1. The molecule has 0 aliphatic carbocycles. The Morgan fingerprint density at radius 1 is 1.50 bits per heavy atom. The van der Waals surface area contributed by atoms with E-state index in [2.05, 4.69) is 19.2 Å². The third-order valence-electron chi connectivity index (χ3n) is 1.99. The van der Waals surface area contributed by atoms with Gasteiger partial charge in [-0.1, -0.05) is 19.9 Å². The highest BCUT2D eigenvalue weighted by molar-refractivity contribution is 5.12. The van der Waals surface area contributed by atoms with E-state index in [0.29, 0.717) is 0 Å². The van der Waals surface area contributed by atoms with E-state index in [4.69, 9.17) is 0 Å². The molecule has 0 aromatic heterocycles. The van der Waals surface area contributed by atoms with Gasteiger partial charge in [0.05, 0.1) is 0 Å². The van der Waals surface area contributed by atoms with Crippen molar-refractivity contribution in [3.05, 3.63) is 24.1 Å². The molecule has 0 radical (unpaired) electrons. The first kappa shape index (κ1) is 9.46. The lowest BCUT2D eigenvalue weighted by Crippen LogP contribution is -2.28. The Labute approximate surface area is 73.4 Å². The maximum atomic E-state index is 12.9. The van der Waals surface area contributed by atoms with E-state index in [1.165, 1.54) is 6.08 Å². The van der Waals surface area contributed by atoms with Crippen LogP contribution in [-0.2, 0) is 0 Å². The molecule has 0 saturated carbocycles. The van der Waals surface area contributed by atoms with Crippen molar-refractivity contribution >= 4 is 0 Å². The van der Waals surface area contributed by atoms with E-state index < -0.39 is 0 Å². The largest absolute Gasteiger partial charge is 0.313 e. The number of allylic oxidation sites excluding steroid dienone is 3. The quantitative estimate of drug-likeness (QED) is 0.587. The fourth-order valence-corrected chi connectivity index (χ4v) is 1.18. The lowest BCUT2D eigenvalue weighted by Gasteiger charge is -2.22. The van der Waals surface area contributed by atoms with Crippen molar-refractivity contribution < 1.29 is 4.39 Å². The molecule has 1 rings (SSSR count). The summed E-state index contributed by atoms with van der Waals surface area (Å²) in [5.41, 5.74) is 0.156. The molecule has 1 heterocycles. The number of halogens is 1. The average molecular weight is 169 g/mol. The Bertz CT molecular complexity index is 204. The van der Waals surface area contributed by atoms with Crippen LogP contribution < -0.4 is 5.32 Å². The first-order valence-electron chi connectivity index (χ1n) is 4.33. The van der Waals surface area contributed by atoms with Crippen molar-refractivity contribution in [1.29, 1.82) is 0 Å². The van der Waals surface area contributed by atoms with Crippen LogP contribution in [0.2, 0.25) is 0 Å². The van der Waals surface area contributed by atoms with Gasteiger partial charge in [-0.2, -0.15) is 0 Å². The Balaban J connectivity index is 2.64. The average Bonchev–Trinajstić information content (AvgIpc) is 2.05. The standard InChI is InChI=1S/C10H16FN/c1-10(2)6-5-9(11)4-3-7-12-8-10/h3-5,12H,6-8H2,1-2H3/b4-3-,9-5+. The van der Waals surface area contributed by atoms with Crippen LogP contribution >= 0.6 is 0 Å². The topological polar surface area (TPSA) is 12.0 Å². The van der Waals surface area contributed by atoms with Crippen LogP contribution in [0.4, 0.5) is 4.39 Å². The number of rotatable bonds is 0. The molecule has 0 aromatic rings. The van der Waals surface area contributed by atoms with E-state index in [1.807, 2.05) is 6.08 Å². The van der Waals surface area contributed by atoms with Crippen molar-refractivity contribution in [3.8, 4) is 0 Å². The molecule has 1 aliphatic heterocycles. The monoisotopic (exact) mass is 169 g/mol. The van der Waals surface area contributed by atoms with E-state index in [9.17, 15) is 4.39 Å². The molecule has 2 heteroatoms. The van der Waals surface area contributed by atoms with E-state index in [1.54, 1.807) is 6.08 Å². The van der Waals surface area contributed by atoms with Gasteiger partial charge in [-0.3, -0.25) is 0 Å². The predicted octanol–water partition coefficient (Wildman–Crippen LogP) is 2.42. The van der Waals surface area contributed by atoms with Gasteiger partial charge in [-0.15, -0.1) is 0 Å². The van der Waals surface area contributed by atoms with Crippen LogP contribution in [0.5, 0.6) is 0 Å². The fourth-order valence-electron chi connectivity index (χ4n) is 1.18. The molecule has 0 aromatic carbocycles. The zero-order valence-electron chi connectivity index (χ0n) is 7.73. The maximum absolute atomic E-state index is 12.9. The van der Waals surface area contributed by atoms with Crippen molar-refractivity contribution in [3.63, 3.8) is 0 Å². The zero-order valence-corrected chi connectivity index (χ0v) is 7.73. The molecule has 12 heavy (non-hydrogen) atoms. The Morgan fingerprint density at radius 3 is 3.00 bits per heavy atom. The molecule has 68 valence electrons. The van der Waals surface area contributed by atoms with Gasteiger partial charge in [-0.25, -0.2) is 4.39 Å². The molecule has 0 spiro atoms. The predicted molar refractivity (Wildman–Crippen MR) is 49.6 cm³/mol. The van der Waals surface area contributed by atoms with Crippen LogP contribution in [-0.4, -0.2) is 13.1 Å². The van der Waals surface area contributed by atoms with E-state index in [0.717, 1.165) is 19.5 Å². The van der Waals surface area contributed by atoms with Crippen LogP contribution in [0, 0.1) is 5.41 Å². The normalized spacial score (nSPS) is 30.8.